The Morgan fingerprint density at radius 2 is 2.11 bits per heavy atom. The maximum Gasteiger partial charge on any atom is 0.260 e. The smallest absolute Gasteiger partial charge is 0.260 e. The number of fused-ring (bicyclic) bond motifs is 1. The van der Waals surface area contributed by atoms with Crippen LogP contribution in [0.2, 0.25) is 0 Å². The van der Waals surface area contributed by atoms with Crippen molar-refractivity contribution in [3.05, 3.63) is 72.8 Å². The largest absolute Gasteiger partial charge is 0.337 e. The minimum absolute atomic E-state index is 0.0133. The molecule has 0 saturated heterocycles. The molecule has 0 radical (unpaired) electrons. The number of thioether (sulfide) groups is 1. The highest BCUT2D eigenvalue weighted by molar-refractivity contribution is 7.98. The fraction of sp³-hybridized carbons (Fsp3) is 0.190. The number of hydrogen-bond acceptors (Lipinski definition) is 5. The molecule has 7 heteroatoms. The molecule has 0 aliphatic carbocycles. The van der Waals surface area contributed by atoms with Crippen molar-refractivity contribution >= 4 is 44.4 Å². The highest BCUT2D eigenvalue weighted by Crippen LogP contribution is 2.30. The van der Waals surface area contributed by atoms with Crippen LogP contribution >= 0.6 is 23.1 Å². The van der Waals surface area contributed by atoms with Crippen LogP contribution in [0.15, 0.2) is 72.1 Å². The van der Waals surface area contributed by atoms with Crippen LogP contribution in [-0.4, -0.2) is 33.2 Å². The van der Waals surface area contributed by atoms with E-state index in [4.69, 9.17) is 4.98 Å². The second kappa shape index (κ2) is 8.58. The normalized spacial score (nSPS) is 11.0. The molecule has 0 bridgehead atoms. The number of anilines is 1. The Labute approximate surface area is 172 Å². The number of thiazole rings is 1. The second-order valence-electron chi connectivity index (χ2n) is 6.31. The Bertz CT molecular complexity index is 1040. The molecular weight excluding hydrogens is 388 g/mol. The molecule has 2 heterocycles. The maximum absolute atomic E-state index is 13.3. The van der Waals surface area contributed by atoms with Crippen molar-refractivity contribution < 1.29 is 4.79 Å². The average molecular weight is 409 g/mol. The molecule has 2 aromatic carbocycles. The molecule has 5 nitrogen and oxygen atoms in total. The third-order valence-corrected chi connectivity index (χ3v) is 6.22. The lowest BCUT2D eigenvalue weighted by Gasteiger charge is -2.20. The first-order valence-electron chi connectivity index (χ1n) is 9.02. The predicted molar refractivity (Wildman–Crippen MR) is 116 cm³/mol. The van der Waals surface area contributed by atoms with Crippen LogP contribution in [0, 0.1) is 0 Å². The lowest BCUT2D eigenvalue weighted by molar-refractivity contribution is 0.0986. The minimum Gasteiger partial charge on any atom is -0.337 e. The van der Waals surface area contributed by atoms with Gasteiger partial charge in [-0.1, -0.05) is 29.5 Å². The number of nitrogens with zero attached hydrogens (tertiary/aromatic N) is 4. The molecule has 2 aromatic heterocycles. The van der Waals surface area contributed by atoms with Gasteiger partial charge in [-0.25, -0.2) is 9.97 Å². The van der Waals surface area contributed by atoms with E-state index in [1.54, 1.807) is 40.5 Å². The summed E-state index contributed by atoms with van der Waals surface area (Å²) in [5.41, 5.74) is 1.61. The van der Waals surface area contributed by atoms with Gasteiger partial charge in [0.05, 0.1) is 16.5 Å². The number of aryl methyl sites for hydroxylation is 1. The minimum atomic E-state index is -0.0133. The Kier molecular flexibility index (Phi) is 5.73. The molecule has 4 rings (SSSR count). The molecule has 28 heavy (non-hydrogen) atoms. The molecule has 0 fully saturated rings. The van der Waals surface area contributed by atoms with Crippen LogP contribution < -0.4 is 4.90 Å². The number of rotatable bonds is 7. The van der Waals surface area contributed by atoms with E-state index in [2.05, 4.69) is 4.98 Å². The number of amides is 1. The zero-order valence-corrected chi connectivity index (χ0v) is 17.1. The van der Waals surface area contributed by atoms with E-state index in [-0.39, 0.29) is 5.91 Å². The Balaban J connectivity index is 1.62. The van der Waals surface area contributed by atoms with Crippen LogP contribution in [0.4, 0.5) is 5.13 Å². The standard InChI is InChI=1S/C21H20N4OS2/c1-27-17-7-4-6-16(14-17)20(26)25(12-5-11-24-13-10-22-15-24)21-23-18-8-2-3-9-19(18)28-21/h2-4,6-10,13-15H,5,11-12H2,1H3. The van der Waals surface area contributed by atoms with E-state index < -0.39 is 0 Å². The van der Waals surface area contributed by atoms with E-state index in [1.807, 2.05) is 65.6 Å². The van der Waals surface area contributed by atoms with E-state index in [0.29, 0.717) is 12.1 Å². The van der Waals surface area contributed by atoms with Gasteiger partial charge in [0.2, 0.25) is 0 Å². The summed E-state index contributed by atoms with van der Waals surface area (Å²) in [6.07, 6.45) is 8.34. The lowest BCUT2D eigenvalue weighted by atomic mass is 10.2. The van der Waals surface area contributed by atoms with Gasteiger partial charge in [0.1, 0.15) is 0 Å². The number of carbonyl (C=O) groups excluding carboxylic acids is 1. The van der Waals surface area contributed by atoms with Crippen LogP contribution in [0.1, 0.15) is 16.8 Å². The predicted octanol–water partition coefficient (Wildman–Crippen LogP) is 4.95. The second-order valence-corrected chi connectivity index (χ2v) is 8.20. The van der Waals surface area contributed by atoms with Gasteiger partial charge in [-0.3, -0.25) is 9.69 Å². The zero-order valence-electron chi connectivity index (χ0n) is 15.5. The number of para-hydroxylation sites is 1. The van der Waals surface area contributed by atoms with Crippen molar-refractivity contribution in [1.29, 1.82) is 0 Å². The Morgan fingerprint density at radius 1 is 1.21 bits per heavy atom. The van der Waals surface area contributed by atoms with Gasteiger partial charge in [0.15, 0.2) is 5.13 Å². The van der Waals surface area contributed by atoms with Crippen LogP contribution in [0.5, 0.6) is 0 Å². The molecule has 0 saturated carbocycles. The maximum atomic E-state index is 13.3. The molecule has 0 unspecified atom stereocenters. The zero-order chi connectivity index (χ0) is 19.3. The SMILES string of the molecule is CSc1cccc(C(=O)N(CCCn2ccnc2)c2nc3ccccc3s2)c1. The summed E-state index contributed by atoms with van der Waals surface area (Å²) in [5, 5.41) is 0.742. The first-order chi connectivity index (χ1) is 13.7. The van der Waals surface area contributed by atoms with E-state index in [1.165, 1.54) is 0 Å². The third kappa shape index (κ3) is 4.10. The number of hydrogen-bond donors (Lipinski definition) is 0. The van der Waals surface area contributed by atoms with Crippen molar-refractivity contribution in [3.63, 3.8) is 0 Å². The lowest BCUT2D eigenvalue weighted by Crippen LogP contribution is -2.32. The Morgan fingerprint density at radius 3 is 2.89 bits per heavy atom. The van der Waals surface area contributed by atoms with Crippen LogP contribution in [0.25, 0.3) is 10.2 Å². The van der Waals surface area contributed by atoms with Gasteiger partial charge in [0, 0.05) is 35.9 Å². The highest BCUT2D eigenvalue weighted by atomic mass is 32.2. The summed E-state index contributed by atoms with van der Waals surface area (Å²) in [6.45, 7) is 1.40. The Hall–Kier alpha value is -2.64. The molecule has 0 spiro atoms. The van der Waals surface area contributed by atoms with E-state index in [9.17, 15) is 4.79 Å². The summed E-state index contributed by atoms with van der Waals surface area (Å²) >= 11 is 3.19. The number of imidazole rings is 1. The molecule has 0 atom stereocenters. The van der Waals surface area contributed by atoms with Crippen molar-refractivity contribution in [2.24, 2.45) is 0 Å². The van der Waals surface area contributed by atoms with Crippen LogP contribution in [-0.2, 0) is 6.54 Å². The van der Waals surface area contributed by atoms with Gasteiger partial charge in [-0.15, -0.1) is 11.8 Å². The molecule has 1 amide bonds. The highest BCUT2D eigenvalue weighted by Gasteiger charge is 2.21. The van der Waals surface area contributed by atoms with Crippen molar-refractivity contribution in [2.75, 3.05) is 17.7 Å². The number of aromatic nitrogens is 3. The summed E-state index contributed by atoms with van der Waals surface area (Å²) in [6, 6.07) is 15.8. The molecule has 0 aliphatic rings. The summed E-state index contributed by atoms with van der Waals surface area (Å²) in [7, 11) is 0. The van der Waals surface area contributed by atoms with Crippen molar-refractivity contribution in [1.82, 2.24) is 14.5 Å². The summed E-state index contributed by atoms with van der Waals surface area (Å²) < 4.78 is 3.11. The molecular formula is C21H20N4OS2. The molecule has 0 aliphatic heterocycles. The quantitative estimate of drug-likeness (QED) is 0.406. The fourth-order valence-electron chi connectivity index (χ4n) is 3.00. The molecule has 4 aromatic rings. The van der Waals surface area contributed by atoms with Gasteiger partial charge in [-0.2, -0.15) is 0 Å². The number of carbonyl (C=O) groups is 1. The first kappa shape index (κ1) is 18.7. The van der Waals surface area contributed by atoms with Crippen LogP contribution in [0.3, 0.4) is 0 Å². The number of benzene rings is 2. The average Bonchev–Trinajstić information content (AvgIpc) is 3.40. The van der Waals surface area contributed by atoms with E-state index in [0.717, 1.165) is 33.2 Å². The first-order valence-corrected chi connectivity index (χ1v) is 11.1. The topological polar surface area (TPSA) is 51.0 Å². The summed E-state index contributed by atoms with van der Waals surface area (Å²) in [4.78, 5) is 25.0. The molecule has 142 valence electrons. The van der Waals surface area contributed by atoms with Gasteiger partial charge < -0.3 is 4.57 Å². The molecule has 0 N–H and O–H groups in total. The fourth-order valence-corrected chi connectivity index (χ4v) is 4.45. The van der Waals surface area contributed by atoms with E-state index >= 15 is 0 Å². The van der Waals surface area contributed by atoms with Crippen molar-refractivity contribution in [3.8, 4) is 0 Å². The van der Waals surface area contributed by atoms with Gasteiger partial charge in [-0.05, 0) is 43.0 Å². The third-order valence-electron chi connectivity index (χ3n) is 4.43. The van der Waals surface area contributed by atoms with Gasteiger partial charge >= 0.3 is 0 Å². The monoisotopic (exact) mass is 408 g/mol. The summed E-state index contributed by atoms with van der Waals surface area (Å²) in [5.74, 6) is -0.0133. The van der Waals surface area contributed by atoms with Crippen molar-refractivity contribution in [2.45, 2.75) is 17.9 Å². The van der Waals surface area contributed by atoms with Gasteiger partial charge in [0.25, 0.3) is 5.91 Å².